The summed E-state index contributed by atoms with van der Waals surface area (Å²) in [7, 11) is 0. The van der Waals surface area contributed by atoms with Gasteiger partial charge in [-0.1, -0.05) is 12.1 Å². The van der Waals surface area contributed by atoms with Gasteiger partial charge in [0.15, 0.2) is 5.84 Å². The van der Waals surface area contributed by atoms with Gasteiger partial charge in [0, 0.05) is 37.1 Å². The van der Waals surface area contributed by atoms with Gasteiger partial charge in [-0.3, -0.25) is 4.79 Å². The van der Waals surface area contributed by atoms with Crippen molar-refractivity contribution in [2.75, 3.05) is 43.5 Å². The number of aromatic nitrogens is 2. The average Bonchev–Trinajstić information content (AvgIpc) is 3.04. The second kappa shape index (κ2) is 11.7. The van der Waals surface area contributed by atoms with E-state index < -0.39 is 11.7 Å². The van der Waals surface area contributed by atoms with Crippen molar-refractivity contribution in [1.82, 2.24) is 14.9 Å². The molecule has 10 nitrogen and oxygen atoms in total. The zero-order chi connectivity index (χ0) is 25.4. The van der Waals surface area contributed by atoms with Gasteiger partial charge in [0.2, 0.25) is 11.9 Å². The van der Waals surface area contributed by atoms with E-state index >= 15 is 0 Å². The summed E-state index contributed by atoms with van der Waals surface area (Å²) in [5.74, 6) is -0.465. The van der Waals surface area contributed by atoms with Gasteiger partial charge in [-0.15, -0.1) is 0 Å². The van der Waals surface area contributed by atoms with Crippen molar-refractivity contribution >= 4 is 29.2 Å². The predicted molar refractivity (Wildman–Crippen MR) is 124 cm³/mol. The molecule has 1 aliphatic rings. The molecule has 1 aromatic heterocycles. The van der Waals surface area contributed by atoms with Gasteiger partial charge in [-0.2, -0.15) is 18.2 Å². The molecule has 1 fully saturated rings. The number of amidine groups is 1. The Morgan fingerprint density at radius 1 is 1.34 bits per heavy atom. The van der Waals surface area contributed by atoms with Crippen molar-refractivity contribution < 1.29 is 27.9 Å². The first kappa shape index (κ1) is 26.0. The number of nitrogens with zero attached hydrogens (tertiary/aromatic N) is 4. The van der Waals surface area contributed by atoms with Gasteiger partial charge in [-0.25, -0.2) is 4.98 Å². The minimum absolute atomic E-state index is 0.0217. The third-order valence-electron chi connectivity index (χ3n) is 5.45. The summed E-state index contributed by atoms with van der Waals surface area (Å²) in [4.78, 5) is 21.6. The average molecular weight is 496 g/mol. The van der Waals surface area contributed by atoms with Crippen LogP contribution in [0.5, 0.6) is 0 Å². The molecule has 5 N–H and O–H groups in total. The number of hydrogen-bond donors (Lipinski definition) is 4. The summed E-state index contributed by atoms with van der Waals surface area (Å²) < 4.78 is 45.9. The topological polar surface area (TPSA) is 138 Å². The molecular weight excluding hydrogens is 467 g/mol. The molecule has 0 unspecified atom stereocenters. The van der Waals surface area contributed by atoms with Crippen molar-refractivity contribution in [3.8, 4) is 0 Å². The Morgan fingerprint density at radius 2 is 2.14 bits per heavy atom. The molecule has 2 heterocycles. The lowest BCUT2D eigenvalue weighted by molar-refractivity contribution is -0.137. The fourth-order valence-corrected chi connectivity index (χ4v) is 3.56. The first-order valence-electron chi connectivity index (χ1n) is 11.1. The summed E-state index contributed by atoms with van der Waals surface area (Å²) >= 11 is 0. The summed E-state index contributed by atoms with van der Waals surface area (Å²) in [6.45, 7) is 3.75. The quantitative estimate of drug-likeness (QED) is 0.137. The highest BCUT2D eigenvalue weighted by molar-refractivity contribution is 5.97. The first-order valence-corrected chi connectivity index (χ1v) is 11.1. The maximum atomic E-state index is 13.5. The molecule has 13 heteroatoms. The fourth-order valence-electron chi connectivity index (χ4n) is 3.56. The van der Waals surface area contributed by atoms with Crippen molar-refractivity contribution in [3.63, 3.8) is 0 Å². The maximum absolute atomic E-state index is 13.5. The summed E-state index contributed by atoms with van der Waals surface area (Å²) in [5, 5.41) is 17.5. The van der Waals surface area contributed by atoms with Crippen LogP contribution in [0.1, 0.15) is 36.5 Å². The van der Waals surface area contributed by atoms with Crippen LogP contribution in [0.3, 0.4) is 0 Å². The van der Waals surface area contributed by atoms with Crippen LogP contribution in [0.25, 0.3) is 0 Å². The number of nitrogens with two attached hydrogens (primary N) is 1. The molecule has 1 saturated heterocycles. The second-order valence-corrected chi connectivity index (χ2v) is 7.81. The van der Waals surface area contributed by atoms with E-state index in [2.05, 4.69) is 25.8 Å². The van der Waals surface area contributed by atoms with E-state index in [1.807, 2.05) is 6.92 Å². The minimum atomic E-state index is -4.64. The number of rotatable bonds is 9. The van der Waals surface area contributed by atoms with Gasteiger partial charge in [0.05, 0.1) is 19.6 Å². The largest absolute Gasteiger partial charge is 0.421 e. The van der Waals surface area contributed by atoms with E-state index in [1.54, 1.807) is 23.1 Å². The molecule has 0 radical (unpaired) electrons. The normalized spacial score (nSPS) is 15.1. The molecule has 0 saturated carbocycles. The van der Waals surface area contributed by atoms with E-state index in [4.69, 9.17) is 15.7 Å². The summed E-state index contributed by atoms with van der Waals surface area (Å²) in [6.07, 6.45) is -2.61. The molecule has 35 heavy (non-hydrogen) atoms. The van der Waals surface area contributed by atoms with Crippen LogP contribution in [-0.2, 0) is 22.1 Å². The lowest BCUT2D eigenvalue weighted by Gasteiger charge is -2.20. The van der Waals surface area contributed by atoms with E-state index in [9.17, 15) is 18.0 Å². The van der Waals surface area contributed by atoms with Crippen LogP contribution < -0.4 is 16.4 Å². The number of nitrogens with one attached hydrogen (secondary N) is 2. The van der Waals surface area contributed by atoms with Crippen LogP contribution in [0.2, 0.25) is 0 Å². The SMILES string of the molecule is CCc1cc(/C(N)=N\O)ccc1Nc1ncc(C(F)(F)F)c(NCCCN2CCOCCC2=O)n1. The molecule has 190 valence electrons. The van der Waals surface area contributed by atoms with E-state index in [0.717, 1.165) is 11.8 Å². The maximum Gasteiger partial charge on any atom is 0.421 e. The number of oxime groups is 1. The van der Waals surface area contributed by atoms with Gasteiger partial charge < -0.3 is 31.2 Å². The van der Waals surface area contributed by atoms with Crippen molar-refractivity contribution in [2.24, 2.45) is 10.9 Å². The Balaban J connectivity index is 1.73. The number of carbonyl (C=O) groups excluding carboxylic acids is 1. The second-order valence-electron chi connectivity index (χ2n) is 7.81. The lowest BCUT2D eigenvalue weighted by atomic mass is 10.1. The first-order chi connectivity index (χ1) is 16.7. The molecule has 0 spiro atoms. The number of aryl methyl sites for hydroxylation is 1. The van der Waals surface area contributed by atoms with E-state index in [1.165, 1.54) is 0 Å². The Hall–Kier alpha value is -3.61. The fraction of sp³-hybridized carbons (Fsp3) is 0.455. The van der Waals surface area contributed by atoms with E-state index in [-0.39, 0.29) is 30.1 Å². The zero-order valence-corrected chi connectivity index (χ0v) is 19.2. The summed E-state index contributed by atoms with van der Waals surface area (Å²) in [5.41, 5.74) is 6.50. The smallest absolute Gasteiger partial charge is 0.409 e. The zero-order valence-electron chi connectivity index (χ0n) is 19.2. The molecule has 1 amide bonds. The van der Waals surface area contributed by atoms with E-state index in [0.29, 0.717) is 56.8 Å². The highest BCUT2D eigenvalue weighted by Gasteiger charge is 2.35. The number of alkyl halides is 3. The molecule has 1 aromatic carbocycles. The van der Waals surface area contributed by atoms with Gasteiger partial charge in [0.1, 0.15) is 11.4 Å². The number of carbonyl (C=O) groups is 1. The standard InChI is InChI=1S/C22H28F3N7O3/c1-2-14-12-15(19(26)31-34)4-5-17(14)29-21-28-13-16(22(23,24)25)20(30-21)27-7-3-8-32-9-11-35-10-6-18(32)33/h4-5,12-13,34H,2-3,6-11H2,1H3,(H2,26,31)(H2,27,28,29,30). The molecule has 0 aliphatic carbocycles. The minimum Gasteiger partial charge on any atom is -0.409 e. The number of ether oxygens (including phenoxy) is 1. The third-order valence-corrected chi connectivity index (χ3v) is 5.45. The third kappa shape index (κ3) is 6.94. The van der Waals surface area contributed by atoms with Crippen LogP contribution in [0, 0.1) is 0 Å². The Bertz CT molecular complexity index is 1060. The number of anilines is 3. The van der Waals surface area contributed by atoms with Crippen LogP contribution in [0.4, 0.5) is 30.6 Å². The monoisotopic (exact) mass is 495 g/mol. The van der Waals surface area contributed by atoms with Crippen LogP contribution >= 0.6 is 0 Å². The number of halogens is 3. The Kier molecular flexibility index (Phi) is 8.68. The Labute approximate surface area is 200 Å². The number of benzene rings is 1. The number of hydrogen-bond acceptors (Lipinski definition) is 8. The molecular formula is C22H28F3N7O3. The lowest BCUT2D eigenvalue weighted by Crippen LogP contribution is -2.33. The van der Waals surface area contributed by atoms with Crippen LogP contribution in [-0.4, -0.2) is 64.7 Å². The molecule has 1 aliphatic heterocycles. The van der Waals surface area contributed by atoms with Crippen molar-refractivity contribution in [3.05, 3.63) is 41.1 Å². The Morgan fingerprint density at radius 3 is 2.86 bits per heavy atom. The molecule has 0 bridgehead atoms. The summed E-state index contributed by atoms with van der Waals surface area (Å²) in [6, 6.07) is 4.97. The molecule has 0 atom stereocenters. The van der Waals surface area contributed by atoms with Gasteiger partial charge >= 0.3 is 6.18 Å². The van der Waals surface area contributed by atoms with Crippen molar-refractivity contribution in [1.29, 1.82) is 0 Å². The highest BCUT2D eigenvalue weighted by atomic mass is 19.4. The highest BCUT2D eigenvalue weighted by Crippen LogP contribution is 2.34. The van der Waals surface area contributed by atoms with Crippen LogP contribution in [0.15, 0.2) is 29.6 Å². The molecule has 2 aromatic rings. The predicted octanol–water partition coefficient (Wildman–Crippen LogP) is 2.95. The van der Waals surface area contributed by atoms with Gasteiger partial charge in [0.25, 0.3) is 0 Å². The molecule has 3 rings (SSSR count). The number of amides is 1. The van der Waals surface area contributed by atoms with Gasteiger partial charge in [-0.05, 0) is 36.6 Å². The van der Waals surface area contributed by atoms with Crippen molar-refractivity contribution in [2.45, 2.75) is 32.4 Å².